The summed E-state index contributed by atoms with van der Waals surface area (Å²) in [6.45, 7) is 7.83. The molecule has 0 saturated carbocycles. The van der Waals surface area contributed by atoms with Crippen molar-refractivity contribution in [1.82, 2.24) is 9.78 Å². The molecule has 0 aromatic carbocycles. The number of aromatic nitrogens is 2. The smallest absolute Gasteiger partial charge is 0.307 e. The summed E-state index contributed by atoms with van der Waals surface area (Å²) in [6.07, 6.45) is 0.0599. The van der Waals surface area contributed by atoms with Crippen LogP contribution in [0.5, 0.6) is 0 Å². The molecule has 0 spiro atoms. The maximum atomic E-state index is 10.6. The molecule has 78 valence electrons. The zero-order chi connectivity index (χ0) is 10.9. The number of aliphatic carboxylic acids is 1. The highest BCUT2D eigenvalue weighted by atomic mass is 16.4. The van der Waals surface area contributed by atoms with Gasteiger partial charge < -0.3 is 5.11 Å². The third-order valence-corrected chi connectivity index (χ3v) is 2.29. The van der Waals surface area contributed by atoms with Gasteiger partial charge in [-0.15, -0.1) is 0 Å². The van der Waals surface area contributed by atoms with Gasteiger partial charge in [0.2, 0.25) is 0 Å². The van der Waals surface area contributed by atoms with Crippen molar-refractivity contribution in [1.29, 1.82) is 0 Å². The average molecular weight is 196 g/mol. The summed E-state index contributed by atoms with van der Waals surface area (Å²) in [5.74, 6) is -0.806. The number of hydrogen-bond donors (Lipinski definition) is 1. The molecule has 1 aromatic heterocycles. The van der Waals surface area contributed by atoms with E-state index in [1.165, 1.54) is 0 Å². The molecule has 14 heavy (non-hydrogen) atoms. The highest BCUT2D eigenvalue weighted by Crippen LogP contribution is 2.17. The summed E-state index contributed by atoms with van der Waals surface area (Å²) in [6, 6.07) is 0.274. The largest absolute Gasteiger partial charge is 0.481 e. The van der Waals surface area contributed by atoms with Gasteiger partial charge in [-0.3, -0.25) is 9.48 Å². The molecule has 0 radical (unpaired) electrons. The number of carboxylic acids is 1. The molecular weight excluding hydrogens is 180 g/mol. The lowest BCUT2D eigenvalue weighted by atomic mass is 10.1. The van der Waals surface area contributed by atoms with Gasteiger partial charge in [-0.25, -0.2) is 0 Å². The van der Waals surface area contributed by atoms with E-state index in [0.29, 0.717) is 0 Å². The van der Waals surface area contributed by atoms with Crippen LogP contribution in [0, 0.1) is 13.8 Å². The first-order valence-corrected chi connectivity index (χ1v) is 4.69. The Labute approximate surface area is 83.5 Å². The molecular formula is C10H16N2O2. The van der Waals surface area contributed by atoms with Gasteiger partial charge in [0.05, 0.1) is 12.1 Å². The van der Waals surface area contributed by atoms with Crippen molar-refractivity contribution >= 4 is 5.97 Å². The summed E-state index contributed by atoms with van der Waals surface area (Å²) >= 11 is 0. The van der Waals surface area contributed by atoms with Crippen LogP contribution >= 0.6 is 0 Å². The van der Waals surface area contributed by atoms with Crippen molar-refractivity contribution < 1.29 is 9.90 Å². The highest BCUT2D eigenvalue weighted by Gasteiger charge is 2.15. The van der Waals surface area contributed by atoms with Gasteiger partial charge in [-0.05, 0) is 27.7 Å². The minimum absolute atomic E-state index is 0.0599. The molecule has 0 unspecified atom stereocenters. The van der Waals surface area contributed by atoms with Crippen molar-refractivity contribution in [2.45, 2.75) is 40.2 Å². The van der Waals surface area contributed by atoms with E-state index in [-0.39, 0.29) is 12.5 Å². The minimum Gasteiger partial charge on any atom is -0.481 e. The SMILES string of the molecule is Cc1nn(C(C)C)c(C)c1CC(=O)O. The second-order valence-electron chi connectivity index (χ2n) is 3.76. The zero-order valence-electron chi connectivity index (χ0n) is 9.03. The number of nitrogens with zero attached hydrogens (tertiary/aromatic N) is 2. The molecule has 0 amide bonds. The monoisotopic (exact) mass is 196 g/mol. The molecule has 1 N–H and O–H groups in total. The number of rotatable bonds is 3. The van der Waals surface area contributed by atoms with Gasteiger partial charge >= 0.3 is 5.97 Å². The zero-order valence-corrected chi connectivity index (χ0v) is 9.03. The number of carboxylic acid groups (broad SMARTS) is 1. The predicted octanol–water partition coefficient (Wildman–Crippen LogP) is 1.71. The Morgan fingerprint density at radius 1 is 1.50 bits per heavy atom. The molecule has 0 aliphatic carbocycles. The van der Waals surface area contributed by atoms with E-state index in [1.54, 1.807) is 0 Å². The summed E-state index contributed by atoms with van der Waals surface area (Å²) in [4.78, 5) is 10.6. The Morgan fingerprint density at radius 2 is 2.07 bits per heavy atom. The van der Waals surface area contributed by atoms with Crippen LogP contribution in [0.1, 0.15) is 36.8 Å². The van der Waals surface area contributed by atoms with Crippen LogP contribution in [0.2, 0.25) is 0 Å². The van der Waals surface area contributed by atoms with Crippen LogP contribution in [-0.2, 0) is 11.2 Å². The summed E-state index contributed by atoms with van der Waals surface area (Å²) in [7, 11) is 0. The molecule has 0 aliphatic rings. The van der Waals surface area contributed by atoms with Crippen molar-refractivity contribution in [3.63, 3.8) is 0 Å². The van der Waals surface area contributed by atoms with E-state index in [1.807, 2.05) is 32.4 Å². The first-order chi connectivity index (χ1) is 6.43. The van der Waals surface area contributed by atoms with Crippen LogP contribution in [0.4, 0.5) is 0 Å². The Kier molecular flexibility index (Phi) is 2.93. The Morgan fingerprint density at radius 3 is 2.43 bits per heavy atom. The van der Waals surface area contributed by atoms with E-state index < -0.39 is 5.97 Å². The second-order valence-corrected chi connectivity index (χ2v) is 3.76. The Balaban J connectivity index is 3.11. The van der Waals surface area contributed by atoms with Crippen molar-refractivity contribution in [2.75, 3.05) is 0 Å². The number of carbonyl (C=O) groups is 1. The minimum atomic E-state index is -0.806. The van der Waals surface area contributed by atoms with E-state index >= 15 is 0 Å². The first kappa shape index (κ1) is 10.8. The molecule has 0 fully saturated rings. The maximum absolute atomic E-state index is 10.6. The van der Waals surface area contributed by atoms with Crippen LogP contribution in [-0.4, -0.2) is 20.9 Å². The molecule has 0 aliphatic heterocycles. The van der Waals surface area contributed by atoms with Gasteiger partial charge in [0.25, 0.3) is 0 Å². The fourth-order valence-electron chi connectivity index (χ4n) is 1.61. The molecule has 4 nitrogen and oxygen atoms in total. The Hall–Kier alpha value is -1.32. The van der Waals surface area contributed by atoms with Crippen LogP contribution in [0.15, 0.2) is 0 Å². The molecule has 0 saturated heterocycles. The van der Waals surface area contributed by atoms with Gasteiger partial charge in [0.15, 0.2) is 0 Å². The second kappa shape index (κ2) is 3.82. The van der Waals surface area contributed by atoms with Gasteiger partial charge in [-0.2, -0.15) is 5.10 Å². The van der Waals surface area contributed by atoms with E-state index in [2.05, 4.69) is 5.10 Å². The van der Waals surface area contributed by atoms with E-state index in [9.17, 15) is 4.79 Å². The normalized spacial score (nSPS) is 10.9. The summed E-state index contributed by atoms with van der Waals surface area (Å²) in [5.41, 5.74) is 2.62. The lowest BCUT2D eigenvalue weighted by Crippen LogP contribution is -2.06. The molecule has 1 rings (SSSR count). The quantitative estimate of drug-likeness (QED) is 0.800. The van der Waals surface area contributed by atoms with Crippen LogP contribution < -0.4 is 0 Å². The van der Waals surface area contributed by atoms with E-state index in [0.717, 1.165) is 17.0 Å². The predicted molar refractivity (Wildman–Crippen MR) is 53.4 cm³/mol. The fraction of sp³-hybridized carbons (Fsp3) is 0.600. The van der Waals surface area contributed by atoms with Crippen molar-refractivity contribution in [2.24, 2.45) is 0 Å². The molecule has 0 bridgehead atoms. The standard InChI is InChI=1S/C10H16N2O2/c1-6(2)12-8(4)9(5-10(13)14)7(3)11-12/h6H,5H2,1-4H3,(H,13,14). The Bertz CT molecular complexity index is 353. The van der Waals surface area contributed by atoms with E-state index in [4.69, 9.17) is 5.11 Å². The van der Waals surface area contributed by atoms with Crippen LogP contribution in [0.3, 0.4) is 0 Å². The average Bonchev–Trinajstić information content (AvgIpc) is 2.31. The van der Waals surface area contributed by atoms with Crippen molar-refractivity contribution in [3.8, 4) is 0 Å². The topological polar surface area (TPSA) is 55.1 Å². The van der Waals surface area contributed by atoms with Crippen LogP contribution in [0.25, 0.3) is 0 Å². The fourth-order valence-corrected chi connectivity index (χ4v) is 1.61. The lowest BCUT2D eigenvalue weighted by molar-refractivity contribution is -0.136. The highest BCUT2D eigenvalue weighted by molar-refractivity contribution is 5.70. The summed E-state index contributed by atoms with van der Waals surface area (Å²) in [5, 5.41) is 13.0. The molecule has 1 aromatic rings. The number of hydrogen-bond acceptors (Lipinski definition) is 2. The van der Waals surface area contributed by atoms with Crippen molar-refractivity contribution in [3.05, 3.63) is 17.0 Å². The summed E-state index contributed by atoms with van der Waals surface area (Å²) < 4.78 is 1.87. The third-order valence-electron chi connectivity index (χ3n) is 2.29. The third kappa shape index (κ3) is 1.95. The molecule has 1 heterocycles. The maximum Gasteiger partial charge on any atom is 0.307 e. The van der Waals surface area contributed by atoms with Gasteiger partial charge in [0.1, 0.15) is 0 Å². The molecule has 4 heteroatoms. The van der Waals surface area contributed by atoms with Gasteiger partial charge in [-0.1, -0.05) is 0 Å². The molecule has 0 atom stereocenters. The number of aryl methyl sites for hydroxylation is 1. The van der Waals surface area contributed by atoms with Gasteiger partial charge in [0, 0.05) is 17.3 Å². The lowest BCUT2D eigenvalue weighted by Gasteiger charge is -2.07. The first-order valence-electron chi connectivity index (χ1n) is 4.69.